The van der Waals surface area contributed by atoms with E-state index in [9.17, 15) is 9.59 Å². The lowest BCUT2D eigenvalue weighted by molar-refractivity contribution is -0.137. The van der Waals surface area contributed by atoms with Crippen molar-refractivity contribution in [1.29, 1.82) is 0 Å². The van der Waals surface area contributed by atoms with E-state index >= 15 is 0 Å². The van der Waals surface area contributed by atoms with Crippen LogP contribution >= 0.6 is 33.9 Å². The fourth-order valence-corrected chi connectivity index (χ4v) is 2.64. The average molecular weight is 418 g/mol. The van der Waals surface area contributed by atoms with E-state index in [-0.39, 0.29) is 11.3 Å². The van der Waals surface area contributed by atoms with E-state index in [0.717, 1.165) is 16.9 Å². The number of carbonyl (C=O) groups excluding carboxylic acids is 1. The van der Waals surface area contributed by atoms with E-state index in [4.69, 9.17) is 14.6 Å². The molecule has 0 amide bonds. The number of hydrogen-bond acceptors (Lipinski definition) is 5. The number of ether oxygens (including phenoxy) is 2. The molecule has 21 heavy (non-hydrogen) atoms. The zero-order valence-electron chi connectivity index (χ0n) is 10.9. The molecule has 0 aliphatic rings. The van der Waals surface area contributed by atoms with Crippen LogP contribution in [0, 0.1) is 6.92 Å². The molecule has 1 heterocycles. The second-order valence-corrected chi connectivity index (χ2v) is 5.95. The summed E-state index contributed by atoms with van der Waals surface area (Å²) < 4.78 is 9.73. The predicted molar refractivity (Wildman–Crippen MR) is 86.5 cm³/mol. The van der Waals surface area contributed by atoms with Crippen LogP contribution in [-0.2, 0) is 4.79 Å². The fourth-order valence-electron chi connectivity index (χ4n) is 1.52. The van der Waals surface area contributed by atoms with Crippen molar-refractivity contribution in [3.8, 4) is 11.5 Å². The highest BCUT2D eigenvalue weighted by molar-refractivity contribution is 14.1. The van der Waals surface area contributed by atoms with E-state index in [1.807, 2.05) is 19.1 Å². The van der Waals surface area contributed by atoms with Crippen LogP contribution in [0.15, 0.2) is 35.0 Å². The molecule has 0 radical (unpaired) electrons. The minimum atomic E-state index is -1.14. The monoisotopic (exact) mass is 418 g/mol. The molecule has 0 spiro atoms. The summed E-state index contributed by atoms with van der Waals surface area (Å²) in [7, 11) is 0. The number of alkyl halides is 1. The Bertz CT molecular complexity index is 667. The summed E-state index contributed by atoms with van der Waals surface area (Å²) in [5, 5.41) is 11.8. The molecular formula is C14H11IO5S. The number of carboxylic acid groups (broad SMARTS) is 1. The van der Waals surface area contributed by atoms with Crippen molar-refractivity contribution in [2.75, 3.05) is 0 Å². The SMILES string of the molecule is Cc1ccccc1OC(I)C(=O)Oc1cscc1C(=O)O. The van der Waals surface area contributed by atoms with Crippen LogP contribution in [0.3, 0.4) is 0 Å². The van der Waals surface area contributed by atoms with Gasteiger partial charge in [-0.1, -0.05) is 18.2 Å². The van der Waals surface area contributed by atoms with Crippen molar-refractivity contribution in [2.24, 2.45) is 0 Å². The quantitative estimate of drug-likeness (QED) is 0.457. The molecule has 0 fully saturated rings. The molecule has 2 aromatic rings. The molecule has 7 heteroatoms. The summed E-state index contributed by atoms with van der Waals surface area (Å²) in [4.78, 5) is 22.9. The minimum absolute atomic E-state index is 0.0344. The van der Waals surface area contributed by atoms with E-state index < -0.39 is 16.0 Å². The van der Waals surface area contributed by atoms with Crippen molar-refractivity contribution >= 4 is 45.9 Å². The first-order valence-corrected chi connectivity index (χ1v) is 8.05. The Morgan fingerprint density at radius 3 is 2.62 bits per heavy atom. The first-order valence-electron chi connectivity index (χ1n) is 5.86. The number of para-hydroxylation sites is 1. The number of esters is 1. The molecule has 5 nitrogen and oxygen atoms in total. The molecule has 1 unspecified atom stereocenters. The van der Waals surface area contributed by atoms with Crippen molar-refractivity contribution in [3.05, 3.63) is 46.2 Å². The van der Waals surface area contributed by atoms with Crippen molar-refractivity contribution in [3.63, 3.8) is 0 Å². The number of carboxylic acids is 1. The van der Waals surface area contributed by atoms with Gasteiger partial charge in [-0.3, -0.25) is 0 Å². The molecule has 110 valence electrons. The second kappa shape index (κ2) is 6.90. The Hall–Kier alpha value is -1.61. The molecular weight excluding hydrogens is 407 g/mol. The lowest BCUT2D eigenvalue weighted by Gasteiger charge is -2.13. The van der Waals surface area contributed by atoms with Gasteiger partial charge in [0.1, 0.15) is 11.3 Å². The molecule has 1 atom stereocenters. The number of thiophene rings is 1. The van der Waals surface area contributed by atoms with Crippen molar-refractivity contribution in [2.45, 2.75) is 11.0 Å². The van der Waals surface area contributed by atoms with Crippen LogP contribution in [0.4, 0.5) is 0 Å². The maximum absolute atomic E-state index is 12.0. The van der Waals surface area contributed by atoms with Gasteiger partial charge in [0, 0.05) is 10.8 Å². The fraction of sp³-hybridized carbons (Fsp3) is 0.143. The van der Waals surface area contributed by atoms with Crippen LogP contribution in [0.5, 0.6) is 11.5 Å². The number of carbonyl (C=O) groups is 2. The van der Waals surface area contributed by atoms with Gasteiger partial charge in [0.2, 0.25) is 4.11 Å². The van der Waals surface area contributed by atoms with E-state index in [2.05, 4.69) is 0 Å². The number of hydrogen-bond donors (Lipinski definition) is 1. The largest absolute Gasteiger partial charge is 0.478 e. The highest BCUT2D eigenvalue weighted by atomic mass is 127. The Balaban J connectivity index is 2.05. The molecule has 0 saturated carbocycles. The van der Waals surface area contributed by atoms with Gasteiger partial charge in [0.25, 0.3) is 0 Å². The van der Waals surface area contributed by atoms with E-state index in [1.54, 1.807) is 34.7 Å². The molecule has 0 saturated heterocycles. The number of aromatic carboxylic acids is 1. The zero-order chi connectivity index (χ0) is 15.4. The van der Waals surface area contributed by atoms with Crippen molar-refractivity contribution < 1.29 is 24.2 Å². The number of benzene rings is 1. The molecule has 0 bridgehead atoms. The van der Waals surface area contributed by atoms with Crippen LogP contribution in [0.1, 0.15) is 15.9 Å². The topological polar surface area (TPSA) is 72.8 Å². The Morgan fingerprint density at radius 2 is 1.95 bits per heavy atom. The summed E-state index contributed by atoms with van der Waals surface area (Å²) in [6, 6.07) is 7.29. The maximum Gasteiger partial charge on any atom is 0.363 e. The third-order valence-corrected chi connectivity index (χ3v) is 4.06. The van der Waals surface area contributed by atoms with Gasteiger partial charge in [-0.05, 0) is 41.1 Å². The Kier molecular flexibility index (Phi) is 5.18. The number of rotatable bonds is 5. The van der Waals surface area contributed by atoms with Gasteiger partial charge in [-0.15, -0.1) is 11.3 Å². The summed E-state index contributed by atoms with van der Waals surface area (Å²) in [5.74, 6) is -1.17. The van der Waals surface area contributed by atoms with Gasteiger partial charge < -0.3 is 14.6 Å². The summed E-state index contributed by atoms with van der Waals surface area (Å²) in [6.45, 7) is 1.87. The first-order chi connectivity index (χ1) is 9.99. The van der Waals surface area contributed by atoms with Crippen LogP contribution in [0.25, 0.3) is 0 Å². The first kappa shape index (κ1) is 15.8. The smallest absolute Gasteiger partial charge is 0.363 e. The van der Waals surface area contributed by atoms with Gasteiger partial charge >= 0.3 is 11.9 Å². The highest BCUT2D eigenvalue weighted by Gasteiger charge is 2.23. The second-order valence-electron chi connectivity index (χ2n) is 4.08. The van der Waals surface area contributed by atoms with Crippen molar-refractivity contribution in [1.82, 2.24) is 0 Å². The van der Waals surface area contributed by atoms with Gasteiger partial charge in [0.05, 0.1) is 0 Å². The molecule has 0 aliphatic carbocycles. The summed E-state index contributed by atoms with van der Waals surface area (Å²) in [6.07, 6.45) is 0. The molecule has 0 aliphatic heterocycles. The number of halogens is 1. The zero-order valence-corrected chi connectivity index (χ0v) is 13.9. The standard InChI is InChI=1S/C14H11IO5S/c1-8-4-2-3-5-10(8)19-12(15)14(18)20-11-7-21-6-9(11)13(16)17/h2-7,12H,1H3,(H,16,17). The maximum atomic E-state index is 12.0. The van der Waals surface area contributed by atoms with Crippen LogP contribution in [-0.4, -0.2) is 21.2 Å². The van der Waals surface area contributed by atoms with Gasteiger partial charge in [0.15, 0.2) is 5.75 Å². The molecule has 2 rings (SSSR count). The molecule has 1 aromatic heterocycles. The third kappa shape index (κ3) is 3.94. The van der Waals surface area contributed by atoms with Gasteiger partial charge in [-0.25, -0.2) is 9.59 Å². The average Bonchev–Trinajstić information content (AvgIpc) is 2.89. The summed E-state index contributed by atoms with van der Waals surface area (Å²) in [5.41, 5.74) is 0.863. The molecule has 1 N–H and O–H groups in total. The predicted octanol–water partition coefficient (Wildman–Crippen LogP) is 3.50. The summed E-state index contributed by atoms with van der Waals surface area (Å²) >= 11 is 2.95. The van der Waals surface area contributed by atoms with Crippen LogP contribution < -0.4 is 9.47 Å². The third-order valence-electron chi connectivity index (χ3n) is 2.58. The van der Waals surface area contributed by atoms with E-state index in [1.165, 1.54) is 10.8 Å². The number of aryl methyl sites for hydroxylation is 1. The lowest BCUT2D eigenvalue weighted by atomic mass is 10.2. The molecule has 1 aromatic carbocycles. The minimum Gasteiger partial charge on any atom is -0.478 e. The lowest BCUT2D eigenvalue weighted by Crippen LogP contribution is -2.26. The Labute approximate surface area is 138 Å². The van der Waals surface area contributed by atoms with Crippen LogP contribution in [0.2, 0.25) is 0 Å². The normalized spacial score (nSPS) is 11.7. The van der Waals surface area contributed by atoms with Gasteiger partial charge in [-0.2, -0.15) is 0 Å². The highest BCUT2D eigenvalue weighted by Crippen LogP contribution is 2.26. The van der Waals surface area contributed by atoms with E-state index in [0.29, 0.717) is 5.75 Å². The Morgan fingerprint density at radius 1 is 1.24 bits per heavy atom.